The molecule has 134 valence electrons. The summed E-state index contributed by atoms with van der Waals surface area (Å²) < 4.78 is 13.7. The molecule has 0 aliphatic carbocycles. The number of benzene rings is 2. The minimum absolute atomic E-state index is 0.139. The Kier molecular flexibility index (Phi) is 5.63. The lowest BCUT2D eigenvalue weighted by atomic mass is 10.1. The second-order valence-corrected chi connectivity index (χ2v) is 5.94. The molecule has 0 saturated carbocycles. The van der Waals surface area contributed by atoms with Crippen molar-refractivity contribution in [3.8, 4) is 0 Å². The van der Waals surface area contributed by atoms with E-state index in [1.807, 2.05) is 30.3 Å². The second kappa shape index (κ2) is 8.29. The van der Waals surface area contributed by atoms with Crippen LogP contribution in [0, 0.1) is 5.82 Å². The molecule has 26 heavy (non-hydrogen) atoms. The van der Waals surface area contributed by atoms with Crippen LogP contribution in [0.2, 0.25) is 0 Å². The highest BCUT2D eigenvalue weighted by atomic mass is 19.1. The average Bonchev–Trinajstić information content (AvgIpc) is 3.12. The number of hydrogen-bond acceptors (Lipinski definition) is 3. The molecule has 1 aliphatic heterocycles. The van der Waals surface area contributed by atoms with Gasteiger partial charge in [-0.05, 0) is 17.7 Å². The van der Waals surface area contributed by atoms with Crippen LogP contribution in [-0.4, -0.2) is 35.8 Å². The molecule has 1 atom stereocenters. The highest BCUT2D eigenvalue weighted by molar-refractivity contribution is 6.01. The van der Waals surface area contributed by atoms with Crippen molar-refractivity contribution >= 4 is 17.4 Å². The quantitative estimate of drug-likeness (QED) is 0.797. The van der Waals surface area contributed by atoms with Gasteiger partial charge in [-0.15, -0.1) is 6.58 Å². The van der Waals surface area contributed by atoms with Gasteiger partial charge in [-0.2, -0.15) is 0 Å². The topological polar surface area (TPSA) is 53.9 Å². The molecule has 0 radical (unpaired) electrons. The van der Waals surface area contributed by atoms with Gasteiger partial charge in [-0.3, -0.25) is 0 Å². The van der Waals surface area contributed by atoms with Crippen molar-refractivity contribution in [1.29, 1.82) is 0 Å². The molecule has 0 aromatic heterocycles. The molecule has 5 nitrogen and oxygen atoms in total. The maximum Gasteiger partial charge on any atom is 0.322 e. The van der Waals surface area contributed by atoms with Crippen LogP contribution in [0.5, 0.6) is 0 Å². The minimum Gasteiger partial charge on any atom is -0.390 e. The van der Waals surface area contributed by atoms with E-state index in [-0.39, 0.29) is 11.8 Å². The number of carbonyl (C=O) groups excluding carboxylic acids is 1. The number of para-hydroxylation sites is 1. The van der Waals surface area contributed by atoms with Gasteiger partial charge in [-0.25, -0.2) is 9.18 Å². The lowest BCUT2D eigenvalue weighted by Gasteiger charge is -2.24. The van der Waals surface area contributed by atoms with Gasteiger partial charge in [0.1, 0.15) is 5.82 Å². The third-order valence-electron chi connectivity index (χ3n) is 4.02. The van der Waals surface area contributed by atoms with Crippen LogP contribution >= 0.6 is 0 Å². The fourth-order valence-electron chi connectivity index (χ4n) is 2.73. The van der Waals surface area contributed by atoms with Crippen LogP contribution in [0.3, 0.4) is 0 Å². The van der Waals surface area contributed by atoms with Crippen molar-refractivity contribution in [3.63, 3.8) is 0 Å². The largest absolute Gasteiger partial charge is 0.390 e. The lowest BCUT2D eigenvalue weighted by Crippen LogP contribution is -2.40. The van der Waals surface area contributed by atoms with Crippen molar-refractivity contribution in [3.05, 3.63) is 78.6 Å². The van der Waals surface area contributed by atoms with Crippen molar-refractivity contribution in [1.82, 2.24) is 4.90 Å². The molecule has 2 amide bonds. The number of amides is 2. The number of nitrogens with zero attached hydrogens (tertiary/aromatic N) is 2. The molecule has 2 aromatic rings. The summed E-state index contributed by atoms with van der Waals surface area (Å²) in [4.78, 5) is 19.5. The first-order valence-electron chi connectivity index (χ1n) is 8.37. The zero-order valence-electron chi connectivity index (χ0n) is 14.3. The Morgan fingerprint density at radius 3 is 2.73 bits per heavy atom. The second-order valence-electron chi connectivity index (χ2n) is 5.94. The van der Waals surface area contributed by atoms with Crippen LogP contribution < -0.4 is 5.32 Å². The molecule has 3 rings (SSSR count). The molecule has 1 aliphatic rings. The third-order valence-corrected chi connectivity index (χ3v) is 4.02. The summed E-state index contributed by atoms with van der Waals surface area (Å²) in [6.07, 6.45) is 1.97. The van der Waals surface area contributed by atoms with Gasteiger partial charge in [-0.1, -0.05) is 53.7 Å². The molecule has 1 unspecified atom stereocenters. The summed E-state index contributed by atoms with van der Waals surface area (Å²) in [5, 5.41) is 6.71. The monoisotopic (exact) mass is 353 g/mol. The van der Waals surface area contributed by atoms with Gasteiger partial charge in [0.25, 0.3) is 0 Å². The van der Waals surface area contributed by atoms with E-state index in [1.165, 1.54) is 17.0 Å². The number of nitrogens with one attached hydrogen (secondary N) is 1. The number of oxime groups is 1. The van der Waals surface area contributed by atoms with Crippen molar-refractivity contribution in [2.75, 3.05) is 18.4 Å². The molecular weight excluding hydrogens is 333 g/mol. The lowest BCUT2D eigenvalue weighted by molar-refractivity contribution is 0.0645. The van der Waals surface area contributed by atoms with Crippen LogP contribution in [-0.2, 0) is 4.84 Å². The van der Waals surface area contributed by atoms with Gasteiger partial charge in [0.05, 0.1) is 17.9 Å². The first-order valence-corrected chi connectivity index (χ1v) is 8.37. The smallest absolute Gasteiger partial charge is 0.322 e. The summed E-state index contributed by atoms with van der Waals surface area (Å²) in [5.41, 5.74) is 1.99. The Labute approximate surface area is 151 Å². The van der Waals surface area contributed by atoms with Crippen molar-refractivity contribution < 1.29 is 14.0 Å². The number of hydrogen-bond donors (Lipinski definition) is 1. The highest BCUT2D eigenvalue weighted by Crippen LogP contribution is 2.19. The van der Waals surface area contributed by atoms with Gasteiger partial charge < -0.3 is 15.1 Å². The van der Waals surface area contributed by atoms with Crippen LogP contribution in [0.4, 0.5) is 14.9 Å². The predicted molar refractivity (Wildman–Crippen MR) is 99.7 cm³/mol. The number of anilines is 1. The zero-order chi connectivity index (χ0) is 18.4. The van der Waals surface area contributed by atoms with Crippen molar-refractivity contribution in [2.45, 2.75) is 12.5 Å². The third kappa shape index (κ3) is 4.27. The number of carbonyl (C=O) groups is 1. The van der Waals surface area contributed by atoms with Gasteiger partial charge in [0.2, 0.25) is 0 Å². The van der Waals surface area contributed by atoms with E-state index < -0.39 is 11.8 Å². The molecule has 1 N–H and O–H groups in total. The van der Waals surface area contributed by atoms with E-state index in [4.69, 9.17) is 4.84 Å². The molecule has 0 saturated heterocycles. The number of halogens is 1. The first-order chi connectivity index (χ1) is 12.7. The fourth-order valence-corrected chi connectivity index (χ4v) is 2.73. The molecule has 0 spiro atoms. The molecule has 0 fully saturated rings. The normalized spacial score (nSPS) is 15.7. The van der Waals surface area contributed by atoms with E-state index in [0.717, 1.165) is 11.3 Å². The Morgan fingerprint density at radius 2 is 2.00 bits per heavy atom. The van der Waals surface area contributed by atoms with Crippen LogP contribution in [0.15, 0.2) is 72.4 Å². The van der Waals surface area contributed by atoms with Gasteiger partial charge in [0.15, 0.2) is 6.10 Å². The maximum absolute atomic E-state index is 13.7. The molecular formula is C20H20FN3O2. The van der Waals surface area contributed by atoms with Gasteiger partial charge in [0, 0.05) is 13.0 Å². The zero-order valence-corrected chi connectivity index (χ0v) is 14.3. The van der Waals surface area contributed by atoms with E-state index in [0.29, 0.717) is 19.5 Å². The standard InChI is InChI=1S/C20H20FN3O2/c1-2-12-24(20(25)22-18-11-7-6-10-17(18)21)14-16-13-19(23-26-16)15-8-4-3-5-9-15/h2-11,16H,1,12-14H2,(H,22,25). The van der Waals surface area contributed by atoms with E-state index in [2.05, 4.69) is 17.1 Å². The number of urea groups is 1. The summed E-state index contributed by atoms with van der Waals surface area (Å²) in [6.45, 7) is 4.33. The predicted octanol–water partition coefficient (Wildman–Crippen LogP) is 4.04. The Balaban J connectivity index is 1.61. The fraction of sp³-hybridized carbons (Fsp3) is 0.200. The summed E-state index contributed by atoms with van der Waals surface area (Å²) in [7, 11) is 0. The summed E-state index contributed by atoms with van der Waals surface area (Å²) in [6, 6.07) is 15.4. The molecule has 0 bridgehead atoms. The molecule has 1 heterocycles. The Bertz CT molecular complexity index is 808. The first kappa shape index (κ1) is 17.7. The van der Waals surface area contributed by atoms with E-state index in [1.54, 1.807) is 18.2 Å². The van der Waals surface area contributed by atoms with E-state index in [9.17, 15) is 9.18 Å². The highest BCUT2D eigenvalue weighted by Gasteiger charge is 2.26. The van der Waals surface area contributed by atoms with Gasteiger partial charge >= 0.3 is 6.03 Å². The minimum atomic E-state index is -0.480. The summed E-state index contributed by atoms with van der Waals surface area (Å²) >= 11 is 0. The summed E-state index contributed by atoms with van der Waals surface area (Å²) in [5.74, 6) is -0.480. The molecule has 2 aromatic carbocycles. The number of rotatable bonds is 6. The Morgan fingerprint density at radius 1 is 1.27 bits per heavy atom. The van der Waals surface area contributed by atoms with E-state index >= 15 is 0 Å². The Hall–Kier alpha value is -3.15. The van der Waals surface area contributed by atoms with Crippen molar-refractivity contribution in [2.24, 2.45) is 5.16 Å². The SMILES string of the molecule is C=CCN(CC1CC(c2ccccc2)=NO1)C(=O)Nc1ccccc1F. The average molecular weight is 353 g/mol. The van der Waals surface area contributed by atoms with Crippen LogP contribution in [0.25, 0.3) is 0 Å². The maximum atomic E-state index is 13.7. The van der Waals surface area contributed by atoms with Crippen LogP contribution in [0.1, 0.15) is 12.0 Å². The molecule has 6 heteroatoms.